The second kappa shape index (κ2) is 4.97. The van der Waals surface area contributed by atoms with Gasteiger partial charge >= 0.3 is 0 Å². The third-order valence-corrected chi connectivity index (χ3v) is 1.95. The molecular formula is C10H15NO. The minimum absolute atomic E-state index is 0.306. The second-order valence-corrected chi connectivity index (χ2v) is 3.08. The number of hydrogen-bond donors (Lipinski definition) is 2. The Bertz CT molecular complexity index is 202. The largest absolute Gasteiger partial charge is 0.388 e. The first-order valence-electron chi connectivity index (χ1n) is 4.34. The van der Waals surface area contributed by atoms with Gasteiger partial charge in [0.25, 0.3) is 0 Å². The van der Waals surface area contributed by atoms with Crippen LogP contribution in [0.2, 0.25) is 0 Å². The smallest absolute Gasteiger partial charge is 0.0848 e. The number of nitrogens with one attached hydrogen (secondary N) is 1. The summed E-state index contributed by atoms with van der Waals surface area (Å²) in [6.45, 7) is 1.58. The highest BCUT2D eigenvalue weighted by Crippen LogP contribution is 2.10. The summed E-state index contributed by atoms with van der Waals surface area (Å²) in [4.78, 5) is 0. The third kappa shape index (κ3) is 3.08. The fourth-order valence-electron chi connectivity index (χ4n) is 1.36. The van der Waals surface area contributed by atoms with Crippen LogP contribution in [0.4, 0.5) is 0 Å². The molecule has 1 unspecified atom stereocenters. The molecule has 1 aliphatic rings. The van der Waals surface area contributed by atoms with E-state index < -0.39 is 0 Å². The van der Waals surface area contributed by atoms with Gasteiger partial charge in [-0.15, -0.1) is 12.3 Å². The first-order chi connectivity index (χ1) is 5.83. The molecule has 1 heterocycles. The van der Waals surface area contributed by atoms with Gasteiger partial charge in [-0.1, -0.05) is 11.6 Å². The van der Waals surface area contributed by atoms with Crippen LogP contribution in [0.15, 0.2) is 11.6 Å². The Kier molecular flexibility index (Phi) is 3.86. The van der Waals surface area contributed by atoms with Gasteiger partial charge in [-0.3, -0.25) is 0 Å². The number of terminal acetylenes is 1. The molecule has 0 aromatic carbocycles. The van der Waals surface area contributed by atoms with Gasteiger partial charge in [0.05, 0.1) is 6.10 Å². The number of rotatable bonds is 3. The molecule has 2 nitrogen and oxygen atoms in total. The molecule has 0 radical (unpaired) electrons. The lowest BCUT2D eigenvalue weighted by Gasteiger charge is -2.17. The molecule has 0 saturated heterocycles. The first-order valence-corrected chi connectivity index (χ1v) is 4.34. The predicted molar refractivity (Wildman–Crippen MR) is 49.6 cm³/mol. The number of aliphatic hydroxyl groups is 1. The highest BCUT2D eigenvalue weighted by molar-refractivity contribution is 5.11. The van der Waals surface area contributed by atoms with Crippen molar-refractivity contribution in [2.75, 3.05) is 13.1 Å². The third-order valence-electron chi connectivity index (χ3n) is 1.95. The van der Waals surface area contributed by atoms with Gasteiger partial charge in [-0.05, 0) is 12.8 Å². The molecule has 2 N–H and O–H groups in total. The molecule has 2 heteroatoms. The lowest BCUT2D eigenvalue weighted by atomic mass is 10.0. The van der Waals surface area contributed by atoms with Gasteiger partial charge in [0.2, 0.25) is 0 Å². The van der Waals surface area contributed by atoms with Crippen LogP contribution in [0.1, 0.15) is 19.3 Å². The highest BCUT2D eigenvalue weighted by atomic mass is 16.3. The van der Waals surface area contributed by atoms with Crippen molar-refractivity contribution in [3.05, 3.63) is 11.6 Å². The summed E-state index contributed by atoms with van der Waals surface area (Å²) in [5, 5.41) is 12.4. The molecule has 0 spiro atoms. The van der Waals surface area contributed by atoms with Gasteiger partial charge < -0.3 is 10.4 Å². The van der Waals surface area contributed by atoms with Crippen LogP contribution in [0, 0.1) is 12.3 Å². The Morgan fingerprint density at radius 2 is 2.58 bits per heavy atom. The lowest BCUT2D eigenvalue weighted by molar-refractivity contribution is 0.212. The molecule has 1 aliphatic heterocycles. The summed E-state index contributed by atoms with van der Waals surface area (Å²) in [7, 11) is 0. The van der Waals surface area contributed by atoms with Crippen molar-refractivity contribution in [2.24, 2.45) is 0 Å². The summed E-state index contributed by atoms with van der Waals surface area (Å²) < 4.78 is 0. The van der Waals surface area contributed by atoms with Crippen molar-refractivity contribution >= 4 is 0 Å². The summed E-state index contributed by atoms with van der Waals surface area (Å²) in [6, 6.07) is 0. The van der Waals surface area contributed by atoms with E-state index in [1.54, 1.807) is 0 Å². The fraction of sp³-hybridized carbons (Fsp3) is 0.600. The minimum Gasteiger partial charge on any atom is -0.388 e. The number of unbranched alkanes of at least 4 members (excludes halogenated alkanes) is 1. The van der Waals surface area contributed by atoms with Gasteiger partial charge in [0.1, 0.15) is 0 Å². The molecule has 0 aromatic rings. The van der Waals surface area contributed by atoms with E-state index in [0.29, 0.717) is 6.54 Å². The molecule has 0 bridgehead atoms. The molecule has 0 saturated carbocycles. The molecule has 0 amide bonds. The summed E-state index contributed by atoms with van der Waals surface area (Å²) in [5.74, 6) is 2.61. The zero-order valence-corrected chi connectivity index (χ0v) is 7.21. The van der Waals surface area contributed by atoms with E-state index in [9.17, 15) is 5.11 Å². The quantitative estimate of drug-likeness (QED) is 0.366. The molecule has 0 aliphatic carbocycles. The van der Waals surface area contributed by atoms with Crippen molar-refractivity contribution < 1.29 is 5.11 Å². The van der Waals surface area contributed by atoms with Crippen LogP contribution in [0.3, 0.4) is 0 Å². The van der Waals surface area contributed by atoms with E-state index in [-0.39, 0.29) is 6.10 Å². The molecule has 66 valence electrons. The fourth-order valence-corrected chi connectivity index (χ4v) is 1.36. The van der Waals surface area contributed by atoms with Crippen LogP contribution >= 0.6 is 0 Å². The van der Waals surface area contributed by atoms with E-state index in [2.05, 4.69) is 11.2 Å². The predicted octanol–water partition coefficient (Wildman–Crippen LogP) is 0.680. The molecule has 0 fully saturated rings. The second-order valence-electron chi connectivity index (χ2n) is 3.08. The summed E-state index contributed by atoms with van der Waals surface area (Å²) >= 11 is 0. The van der Waals surface area contributed by atoms with Gasteiger partial charge in [-0.25, -0.2) is 0 Å². The number of hydrogen-bond acceptors (Lipinski definition) is 2. The lowest BCUT2D eigenvalue weighted by Crippen LogP contribution is -2.32. The molecule has 0 aromatic heterocycles. The molecule has 1 rings (SSSR count). The maximum atomic E-state index is 9.26. The van der Waals surface area contributed by atoms with Crippen molar-refractivity contribution in [3.8, 4) is 12.3 Å². The van der Waals surface area contributed by atoms with Crippen molar-refractivity contribution in [2.45, 2.75) is 25.4 Å². The zero-order chi connectivity index (χ0) is 8.81. The first kappa shape index (κ1) is 9.31. The van der Waals surface area contributed by atoms with E-state index >= 15 is 0 Å². The normalized spacial score (nSPS) is 23.0. The zero-order valence-electron chi connectivity index (χ0n) is 7.21. The van der Waals surface area contributed by atoms with Gasteiger partial charge in [0, 0.05) is 19.5 Å². The Hall–Kier alpha value is -0.780. The topological polar surface area (TPSA) is 32.3 Å². The Balaban J connectivity index is 2.27. The van der Waals surface area contributed by atoms with E-state index in [0.717, 1.165) is 25.8 Å². The average molecular weight is 165 g/mol. The van der Waals surface area contributed by atoms with E-state index in [4.69, 9.17) is 6.42 Å². The maximum Gasteiger partial charge on any atom is 0.0848 e. The number of β-amino-alcohol motifs (C(OH)–C–C–N with tert-alkyl or cyclic N) is 1. The van der Waals surface area contributed by atoms with Gasteiger partial charge in [-0.2, -0.15) is 0 Å². The van der Waals surface area contributed by atoms with Crippen molar-refractivity contribution in [3.63, 3.8) is 0 Å². The maximum absolute atomic E-state index is 9.26. The Labute approximate surface area is 73.7 Å². The van der Waals surface area contributed by atoms with Gasteiger partial charge in [0.15, 0.2) is 0 Å². The standard InChI is InChI=1S/C10H15NO/c1-2-3-4-5-9-6-10(12)8-11-7-9/h1,6,10-12H,3-5,7-8H2. The summed E-state index contributed by atoms with van der Waals surface area (Å²) in [5.41, 5.74) is 1.28. The Morgan fingerprint density at radius 3 is 3.25 bits per heavy atom. The monoisotopic (exact) mass is 165 g/mol. The van der Waals surface area contributed by atoms with Crippen LogP contribution < -0.4 is 5.32 Å². The highest BCUT2D eigenvalue weighted by Gasteiger charge is 2.08. The summed E-state index contributed by atoms with van der Waals surface area (Å²) in [6.07, 6.45) is 9.63. The Morgan fingerprint density at radius 1 is 1.75 bits per heavy atom. The average Bonchev–Trinajstić information content (AvgIpc) is 2.05. The van der Waals surface area contributed by atoms with Crippen molar-refractivity contribution in [1.29, 1.82) is 0 Å². The SMILES string of the molecule is C#CCCCC1=CC(O)CNC1. The minimum atomic E-state index is -0.306. The van der Waals surface area contributed by atoms with Crippen LogP contribution in [-0.4, -0.2) is 24.3 Å². The van der Waals surface area contributed by atoms with E-state index in [1.807, 2.05) is 6.08 Å². The number of aliphatic hydroxyl groups excluding tert-OH is 1. The van der Waals surface area contributed by atoms with E-state index in [1.165, 1.54) is 5.57 Å². The molecule has 12 heavy (non-hydrogen) atoms. The van der Waals surface area contributed by atoms with Crippen LogP contribution in [-0.2, 0) is 0 Å². The van der Waals surface area contributed by atoms with Crippen molar-refractivity contribution in [1.82, 2.24) is 5.32 Å². The van der Waals surface area contributed by atoms with Crippen LogP contribution in [0.25, 0.3) is 0 Å². The van der Waals surface area contributed by atoms with Crippen LogP contribution in [0.5, 0.6) is 0 Å². The molecule has 1 atom stereocenters. The molecular weight excluding hydrogens is 150 g/mol.